The summed E-state index contributed by atoms with van der Waals surface area (Å²) in [7, 11) is 0. The highest BCUT2D eigenvalue weighted by molar-refractivity contribution is 6.13. The minimum absolute atomic E-state index is 0.157. The predicted octanol–water partition coefficient (Wildman–Crippen LogP) is 13.9. The van der Waals surface area contributed by atoms with Crippen molar-refractivity contribution < 1.29 is 0 Å². The minimum atomic E-state index is 0.157. The lowest BCUT2D eigenvalue weighted by Gasteiger charge is -2.26. The molecule has 0 unspecified atom stereocenters. The van der Waals surface area contributed by atoms with Crippen LogP contribution in [0, 0.1) is 0 Å². The third-order valence-electron chi connectivity index (χ3n) is 11.0. The fraction of sp³-hybridized carbons (Fsp3) is 0.208. The Morgan fingerprint density at radius 2 is 0.898 bits per heavy atom. The highest BCUT2D eigenvalue weighted by Gasteiger charge is 2.24. The maximum absolute atomic E-state index is 2.47. The van der Waals surface area contributed by atoms with Gasteiger partial charge in [-0.1, -0.05) is 103 Å². The van der Waals surface area contributed by atoms with Crippen molar-refractivity contribution in [1.82, 2.24) is 4.57 Å². The number of aromatic nitrogens is 1. The van der Waals surface area contributed by atoms with Gasteiger partial charge >= 0.3 is 0 Å². The molecular weight excluding hydrogens is 591 g/mol. The lowest BCUT2D eigenvalue weighted by Crippen LogP contribution is -2.10. The van der Waals surface area contributed by atoms with Gasteiger partial charge in [0, 0.05) is 16.5 Å². The molecule has 1 heterocycles. The van der Waals surface area contributed by atoms with E-state index in [1.807, 2.05) is 0 Å². The lowest BCUT2D eigenvalue weighted by atomic mass is 9.77. The van der Waals surface area contributed by atoms with Crippen molar-refractivity contribution in [2.75, 3.05) is 0 Å². The molecule has 0 bridgehead atoms. The molecule has 0 spiro atoms. The number of rotatable bonds is 4. The smallest absolute Gasteiger partial charge is 0.0541 e. The second-order valence-electron chi connectivity index (χ2n) is 15.9. The first-order valence-corrected chi connectivity index (χ1v) is 17.9. The maximum atomic E-state index is 2.47. The molecule has 0 atom stereocenters. The maximum Gasteiger partial charge on any atom is 0.0541 e. The van der Waals surface area contributed by atoms with E-state index < -0.39 is 0 Å². The van der Waals surface area contributed by atoms with Gasteiger partial charge in [-0.05, 0) is 156 Å². The SMILES string of the molecule is CC(C)c1ccc2c(c1)c1cc(C(C)C)ccc1n2-c1ccc2cc3c(cc2c1)-c1cc2ccc(-c4ccc(C(C)(C)C)cc4)cc2cc1-3. The van der Waals surface area contributed by atoms with Gasteiger partial charge in [-0.3, -0.25) is 0 Å². The van der Waals surface area contributed by atoms with E-state index in [0.717, 1.165) is 0 Å². The van der Waals surface area contributed by atoms with Crippen molar-refractivity contribution in [2.24, 2.45) is 0 Å². The second kappa shape index (κ2) is 10.7. The van der Waals surface area contributed by atoms with E-state index in [2.05, 4.69) is 174 Å². The van der Waals surface area contributed by atoms with E-state index in [9.17, 15) is 0 Å². The van der Waals surface area contributed by atoms with E-state index in [-0.39, 0.29) is 5.41 Å². The molecule has 1 heteroatoms. The Kier molecular flexibility index (Phi) is 6.53. The summed E-state index contributed by atoms with van der Waals surface area (Å²) < 4.78 is 2.47. The Morgan fingerprint density at radius 1 is 0.429 bits per heavy atom. The Labute approximate surface area is 289 Å². The van der Waals surface area contributed by atoms with Crippen LogP contribution in [-0.4, -0.2) is 4.57 Å². The van der Waals surface area contributed by atoms with Gasteiger partial charge in [0.1, 0.15) is 0 Å². The van der Waals surface area contributed by atoms with E-state index in [4.69, 9.17) is 0 Å². The van der Waals surface area contributed by atoms with Crippen LogP contribution >= 0.6 is 0 Å². The number of hydrogen-bond acceptors (Lipinski definition) is 0. The van der Waals surface area contributed by atoms with Crippen molar-refractivity contribution in [2.45, 2.75) is 65.7 Å². The second-order valence-corrected chi connectivity index (χ2v) is 15.9. The minimum Gasteiger partial charge on any atom is -0.309 e. The van der Waals surface area contributed by atoms with Crippen LogP contribution in [-0.2, 0) is 5.41 Å². The molecule has 240 valence electrons. The fourth-order valence-corrected chi connectivity index (χ4v) is 7.95. The van der Waals surface area contributed by atoms with Gasteiger partial charge in [0.25, 0.3) is 0 Å². The molecule has 0 amide bonds. The van der Waals surface area contributed by atoms with Gasteiger partial charge in [-0.15, -0.1) is 0 Å². The molecule has 0 N–H and O–H groups in total. The molecule has 0 saturated carbocycles. The van der Waals surface area contributed by atoms with Crippen molar-refractivity contribution in [3.63, 3.8) is 0 Å². The van der Waals surface area contributed by atoms with Crippen LogP contribution in [0.25, 0.3) is 82.4 Å². The molecule has 0 fully saturated rings. The number of benzene rings is 7. The van der Waals surface area contributed by atoms with Crippen molar-refractivity contribution in [1.29, 1.82) is 0 Å². The van der Waals surface area contributed by atoms with Gasteiger partial charge in [-0.25, -0.2) is 0 Å². The Balaban J connectivity index is 1.12. The van der Waals surface area contributed by atoms with Crippen LogP contribution in [0.1, 0.15) is 77.0 Å². The van der Waals surface area contributed by atoms with E-state index in [1.54, 1.807) is 0 Å². The van der Waals surface area contributed by atoms with E-state index in [0.29, 0.717) is 11.8 Å². The molecule has 1 aromatic heterocycles. The van der Waals surface area contributed by atoms with Crippen molar-refractivity contribution in [3.8, 4) is 39.1 Å². The van der Waals surface area contributed by atoms with Gasteiger partial charge in [-0.2, -0.15) is 0 Å². The standard InChI is InChI=1S/C48H43N/c1-28(2)31-13-18-46-44(22-31)45-23-32(29(3)4)14-19-47(45)49(46)39-17-12-35-25-41-42-26-36-20-33(30-10-15-38(16-11-30)48(5,6)7)8-9-34(36)24-40(42)43(41)27-37(35)21-39/h8-29H,1-7H3. The first-order valence-electron chi connectivity index (χ1n) is 17.9. The summed E-state index contributed by atoms with van der Waals surface area (Å²) in [5.74, 6) is 0.977. The summed E-state index contributed by atoms with van der Waals surface area (Å²) in [6.07, 6.45) is 0. The normalized spacial score (nSPS) is 12.8. The fourth-order valence-electron chi connectivity index (χ4n) is 7.95. The van der Waals surface area contributed by atoms with Crippen LogP contribution < -0.4 is 0 Å². The Hall–Kier alpha value is -5.14. The highest BCUT2D eigenvalue weighted by Crippen LogP contribution is 2.51. The van der Waals surface area contributed by atoms with Crippen LogP contribution in [0.2, 0.25) is 0 Å². The summed E-state index contributed by atoms with van der Waals surface area (Å²) >= 11 is 0. The van der Waals surface area contributed by atoms with Gasteiger partial charge in [0.2, 0.25) is 0 Å². The molecule has 0 saturated heterocycles. The predicted molar refractivity (Wildman–Crippen MR) is 213 cm³/mol. The number of nitrogens with zero attached hydrogens (tertiary/aromatic N) is 1. The topological polar surface area (TPSA) is 4.93 Å². The quantitative estimate of drug-likeness (QED) is 0.182. The van der Waals surface area contributed by atoms with Crippen LogP contribution in [0.5, 0.6) is 0 Å². The number of hydrogen-bond donors (Lipinski definition) is 0. The average Bonchev–Trinajstić information content (AvgIpc) is 3.42. The zero-order chi connectivity index (χ0) is 33.8. The molecule has 1 aliphatic rings. The molecule has 49 heavy (non-hydrogen) atoms. The van der Waals surface area contributed by atoms with Gasteiger partial charge in [0.15, 0.2) is 0 Å². The van der Waals surface area contributed by atoms with Gasteiger partial charge in [0.05, 0.1) is 11.0 Å². The van der Waals surface area contributed by atoms with Gasteiger partial charge < -0.3 is 4.57 Å². The largest absolute Gasteiger partial charge is 0.309 e. The average molecular weight is 634 g/mol. The summed E-state index contributed by atoms with van der Waals surface area (Å²) in [4.78, 5) is 0. The van der Waals surface area contributed by atoms with Crippen LogP contribution in [0.4, 0.5) is 0 Å². The highest BCUT2D eigenvalue weighted by atomic mass is 15.0. The molecule has 1 nitrogen and oxygen atoms in total. The summed E-state index contributed by atoms with van der Waals surface area (Å²) in [6.45, 7) is 15.9. The number of fused-ring (bicyclic) bond motifs is 9. The van der Waals surface area contributed by atoms with Crippen molar-refractivity contribution >= 4 is 43.4 Å². The third kappa shape index (κ3) is 4.74. The summed E-state index contributed by atoms with van der Waals surface area (Å²) in [5, 5.41) is 7.83. The molecular formula is C48H43N. The zero-order valence-electron chi connectivity index (χ0n) is 29.6. The monoisotopic (exact) mass is 633 g/mol. The molecule has 8 aromatic rings. The summed E-state index contributed by atoms with van der Waals surface area (Å²) in [5.41, 5.74) is 16.0. The van der Waals surface area contributed by atoms with Crippen molar-refractivity contribution in [3.05, 3.63) is 138 Å². The van der Waals surface area contributed by atoms with E-state index >= 15 is 0 Å². The molecule has 1 aliphatic carbocycles. The van der Waals surface area contributed by atoms with Crippen LogP contribution in [0.15, 0.2) is 121 Å². The molecule has 7 aromatic carbocycles. The summed E-state index contributed by atoms with van der Waals surface area (Å²) in [6, 6.07) is 46.7. The zero-order valence-corrected chi connectivity index (χ0v) is 29.6. The van der Waals surface area contributed by atoms with E-state index in [1.165, 1.54) is 99.1 Å². The first kappa shape index (κ1) is 30.0. The van der Waals surface area contributed by atoms with Crippen LogP contribution in [0.3, 0.4) is 0 Å². The molecule has 0 aliphatic heterocycles. The molecule has 9 rings (SSSR count). The Morgan fingerprint density at radius 3 is 1.41 bits per heavy atom. The molecule has 0 radical (unpaired) electrons. The lowest BCUT2D eigenvalue weighted by molar-refractivity contribution is 0.590. The third-order valence-corrected chi connectivity index (χ3v) is 11.0. The first-order chi connectivity index (χ1) is 23.5. The Bertz CT molecular complexity index is 2550.